The second kappa shape index (κ2) is 6.71. The molecule has 4 nitrogen and oxygen atoms in total. The first-order chi connectivity index (χ1) is 11.5. The summed E-state index contributed by atoms with van der Waals surface area (Å²) in [6, 6.07) is 15.5. The van der Waals surface area contributed by atoms with Crippen molar-refractivity contribution in [3.8, 4) is 11.3 Å². The van der Waals surface area contributed by atoms with Gasteiger partial charge in [0.05, 0.1) is 6.54 Å². The average molecular weight is 320 g/mol. The first-order valence-electron chi connectivity index (χ1n) is 7.91. The van der Waals surface area contributed by atoms with E-state index < -0.39 is 0 Å². The highest BCUT2D eigenvalue weighted by molar-refractivity contribution is 5.94. The molecule has 0 aliphatic carbocycles. The van der Waals surface area contributed by atoms with E-state index in [1.165, 1.54) is 5.56 Å². The molecule has 0 unspecified atom stereocenters. The Morgan fingerprint density at radius 3 is 2.42 bits per heavy atom. The topological polar surface area (TPSA) is 55.1 Å². The smallest absolute Gasteiger partial charge is 0.251 e. The van der Waals surface area contributed by atoms with E-state index >= 15 is 0 Å². The Hall–Kier alpha value is -2.88. The predicted octanol–water partition coefficient (Wildman–Crippen LogP) is 4.20. The summed E-state index contributed by atoms with van der Waals surface area (Å²) in [6.07, 6.45) is 0. The third-order valence-electron chi connectivity index (χ3n) is 3.95. The highest BCUT2D eigenvalue weighted by atomic mass is 16.5. The molecule has 1 aromatic heterocycles. The normalized spacial score (nSPS) is 10.6. The van der Waals surface area contributed by atoms with E-state index in [1.54, 1.807) is 0 Å². The quantitative estimate of drug-likeness (QED) is 0.784. The molecular weight excluding hydrogens is 300 g/mol. The predicted molar refractivity (Wildman–Crippen MR) is 93.8 cm³/mol. The number of benzene rings is 2. The van der Waals surface area contributed by atoms with Crippen molar-refractivity contribution in [2.45, 2.75) is 27.3 Å². The summed E-state index contributed by atoms with van der Waals surface area (Å²) in [7, 11) is 0. The molecule has 122 valence electrons. The first kappa shape index (κ1) is 16.0. The van der Waals surface area contributed by atoms with Gasteiger partial charge in [-0.3, -0.25) is 4.79 Å². The SMILES string of the molecule is Cc1ccc(C(=O)NCc2cc(-c3ccc(C)cc3C)no2)cc1. The van der Waals surface area contributed by atoms with E-state index in [4.69, 9.17) is 4.52 Å². The molecule has 0 atom stereocenters. The van der Waals surface area contributed by atoms with Crippen LogP contribution in [0.3, 0.4) is 0 Å². The Kier molecular flexibility index (Phi) is 4.47. The number of hydrogen-bond acceptors (Lipinski definition) is 3. The minimum Gasteiger partial charge on any atom is -0.359 e. The van der Waals surface area contributed by atoms with Gasteiger partial charge in [-0.25, -0.2) is 0 Å². The molecule has 0 spiro atoms. The minimum absolute atomic E-state index is 0.125. The molecule has 1 heterocycles. The molecule has 0 aliphatic rings. The Morgan fingerprint density at radius 1 is 1.00 bits per heavy atom. The van der Waals surface area contributed by atoms with Crippen LogP contribution in [0.4, 0.5) is 0 Å². The largest absolute Gasteiger partial charge is 0.359 e. The van der Waals surface area contributed by atoms with Crippen LogP contribution in [0.2, 0.25) is 0 Å². The van der Waals surface area contributed by atoms with Crippen LogP contribution in [0.25, 0.3) is 11.3 Å². The van der Waals surface area contributed by atoms with E-state index in [1.807, 2.05) is 43.3 Å². The third kappa shape index (κ3) is 3.54. The van der Waals surface area contributed by atoms with Gasteiger partial charge in [0.1, 0.15) is 5.69 Å². The zero-order chi connectivity index (χ0) is 17.1. The standard InChI is InChI=1S/C20H20N2O2/c1-13-4-7-16(8-5-13)20(23)21-12-17-11-19(22-24-17)18-9-6-14(2)10-15(18)3/h4-11H,12H2,1-3H3,(H,21,23). The van der Waals surface area contributed by atoms with Crippen LogP contribution in [0.15, 0.2) is 53.1 Å². The Bertz CT molecular complexity index is 864. The van der Waals surface area contributed by atoms with E-state index in [0.29, 0.717) is 17.9 Å². The van der Waals surface area contributed by atoms with Crippen molar-refractivity contribution < 1.29 is 9.32 Å². The van der Waals surface area contributed by atoms with E-state index in [0.717, 1.165) is 22.4 Å². The lowest BCUT2D eigenvalue weighted by atomic mass is 10.0. The average Bonchev–Trinajstić information content (AvgIpc) is 3.02. The van der Waals surface area contributed by atoms with Crippen LogP contribution in [-0.4, -0.2) is 11.1 Å². The summed E-state index contributed by atoms with van der Waals surface area (Å²) in [4.78, 5) is 12.1. The number of hydrogen-bond donors (Lipinski definition) is 1. The van der Waals surface area contributed by atoms with Crippen LogP contribution < -0.4 is 5.32 Å². The van der Waals surface area contributed by atoms with Crippen LogP contribution >= 0.6 is 0 Å². The van der Waals surface area contributed by atoms with Gasteiger partial charge in [0.15, 0.2) is 5.76 Å². The van der Waals surface area contributed by atoms with Gasteiger partial charge in [-0.05, 0) is 38.5 Å². The number of nitrogens with zero attached hydrogens (tertiary/aromatic N) is 1. The molecule has 0 saturated carbocycles. The molecule has 3 aromatic rings. The molecule has 3 rings (SSSR count). The molecule has 1 N–H and O–H groups in total. The molecular formula is C20H20N2O2. The zero-order valence-corrected chi connectivity index (χ0v) is 14.1. The van der Waals surface area contributed by atoms with Gasteiger partial charge in [-0.2, -0.15) is 0 Å². The maximum atomic E-state index is 12.1. The van der Waals surface area contributed by atoms with E-state index in [9.17, 15) is 4.79 Å². The second-order valence-corrected chi connectivity index (χ2v) is 6.05. The van der Waals surface area contributed by atoms with Gasteiger partial charge in [0.25, 0.3) is 5.91 Å². The number of aryl methyl sites for hydroxylation is 3. The molecule has 0 radical (unpaired) electrons. The second-order valence-electron chi connectivity index (χ2n) is 6.05. The Labute approximate surface area is 141 Å². The number of rotatable bonds is 4. The summed E-state index contributed by atoms with van der Waals surface area (Å²) in [6.45, 7) is 6.41. The molecule has 0 aliphatic heterocycles. The number of nitrogens with one attached hydrogen (secondary N) is 1. The Balaban J connectivity index is 1.68. The van der Waals surface area contributed by atoms with Crippen molar-refractivity contribution in [3.05, 3.63) is 76.5 Å². The first-order valence-corrected chi connectivity index (χ1v) is 7.91. The minimum atomic E-state index is -0.125. The lowest BCUT2D eigenvalue weighted by molar-refractivity contribution is 0.0947. The summed E-state index contributed by atoms with van der Waals surface area (Å²) in [5.41, 5.74) is 5.95. The summed E-state index contributed by atoms with van der Waals surface area (Å²) >= 11 is 0. The molecule has 1 amide bonds. The summed E-state index contributed by atoms with van der Waals surface area (Å²) < 4.78 is 5.34. The number of carbonyl (C=O) groups is 1. The molecule has 4 heteroatoms. The molecule has 0 fully saturated rings. The molecule has 0 saturated heterocycles. The van der Waals surface area contributed by atoms with Crippen molar-refractivity contribution in [2.24, 2.45) is 0 Å². The van der Waals surface area contributed by atoms with Crippen LogP contribution in [0.5, 0.6) is 0 Å². The Morgan fingerprint density at radius 2 is 1.71 bits per heavy atom. The van der Waals surface area contributed by atoms with Crippen molar-refractivity contribution in [3.63, 3.8) is 0 Å². The van der Waals surface area contributed by atoms with Gasteiger partial charge in [0.2, 0.25) is 0 Å². The van der Waals surface area contributed by atoms with Gasteiger partial charge in [0, 0.05) is 17.2 Å². The summed E-state index contributed by atoms with van der Waals surface area (Å²) in [5.74, 6) is 0.505. The number of aromatic nitrogens is 1. The van der Waals surface area contributed by atoms with Crippen molar-refractivity contribution in [2.75, 3.05) is 0 Å². The monoisotopic (exact) mass is 320 g/mol. The van der Waals surface area contributed by atoms with Gasteiger partial charge >= 0.3 is 0 Å². The maximum absolute atomic E-state index is 12.1. The molecule has 0 bridgehead atoms. The van der Waals surface area contributed by atoms with Crippen molar-refractivity contribution >= 4 is 5.91 Å². The maximum Gasteiger partial charge on any atom is 0.251 e. The van der Waals surface area contributed by atoms with Gasteiger partial charge in [-0.15, -0.1) is 0 Å². The fourth-order valence-corrected chi connectivity index (χ4v) is 2.60. The highest BCUT2D eigenvalue weighted by Crippen LogP contribution is 2.23. The number of carbonyl (C=O) groups excluding carboxylic acids is 1. The zero-order valence-electron chi connectivity index (χ0n) is 14.1. The van der Waals surface area contributed by atoms with Gasteiger partial charge < -0.3 is 9.84 Å². The third-order valence-corrected chi connectivity index (χ3v) is 3.95. The lowest BCUT2D eigenvalue weighted by Crippen LogP contribution is -2.22. The van der Waals surface area contributed by atoms with Gasteiger partial charge in [-0.1, -0.05) is 46.6 Å². The van der Waals surface area contributed by atoms with E-state index in [2.05, 4.69) is 36.5 Å². The van der Waals surface area contributed by atoms with Crippen molar-refractivity contribution in [1.82, 2.24) is 10.5 Å². The fourth-order valence-electron chi connectivity index (χ4n) is 2.60. The lowest BCUT2D eigenvalue weighted by Gasteiger charge is -2.03. The molecule has 2 aromatic carbocycles. The highest BCUT2D eigenvalue weighted by Gasteiger charge is 2.11. The number of amides is 1. The van der Waals surface area contributed by atoms with Crippen molar-refractivity contribution in [1.29, 1.82) is 0 Å². The molecule has 24 heavy (non-hydrogen) atoms. The fraction of sp³-hybridized carbons (Fsp3) is 0.200. The van der Waals surface area contributed by atoms with E-state index in [-0.39, 0.29) is 5.91 Å². The summed E-state index contributed by atoms with van der Waals surface area (Å²) in [5, 5.41) is 6.96. The van der Waals surface area contributed by atoms with Crippen LogP contribution in [0.1, 0.15) is 32.8 Å². The van der Waals surface area contributed by atoms with Crippen LogP contribution in [0, 0.1) is 20.8 Å². The van der Waals surface area contributed by atoms with Crippen LogP contribution in [-0.2, 0) is 6.54 Å².